The van der Waals surface area contributed by atoms with E-state index >= 15 is 0 Å². The molecule has 10 heteroatoms. The van der Waals surface area contributed by atoms with Gasteiger partial charge < -0.3 is 14.8 Å². The monoisotopic (exact) mass is 478 g/mol. The van der Waals surface area contributed by atoms with Gasteiger partial charge in [0.2, 0.25) is 0 Å². The largest absolute Gasteiger partial charge is 0.495 e. The molecule has 0 aliphatic carbocycles. The van der Waals surface area contributed by atoms with Crippen molar-refractivity contribution >= 4 is 38.9 Å². The fourth-order valence-corrected chi connectivity index (χ4v) is 4.17. The smallest absolute Gasteiger partial charge is 0.261 e. The number of methoxy groups -OCH3 is 1. The minimum Gasteiger partial charge on any atom is -0.495 e. The number of benzene rings is 3. The molecule has 0 spiro atoms. The molecule has 0 saturated heterocycles. The third-order valence-electron chi connectivity index (χ3n) is 4.33. The summed E-state index contributed by atoms with van der Waals surface area (Å²) in [5.74, 6) is -0.810. The minimum atomic E-state index is -4.04. The van der Waals surface area contributed by atoms with Gasteiger partial charge in [0, 0.05) is 0 Å². The van der Waals surface area contributed by atoms with Crippen LogP contribution >= 0.6 is 11.6 Å². The summed E-state index contributed by atoms with van der Waals surface area (Å²) in [4.78, 5) is 12.4. The Balaban J connectivity index is 1.92. The number of hydrogen-bond acceptors (Lipinski definition) is 5. The Morgan fingerprint density at radius 2 is 1.78 bits per heavy atom. The lowest BCUT2D eigenvalue weighted by Crippen LogP contribution is -2.17. The molecule has 168 valence electrons. The molecule has 0 unspecified atom stereocenters. The second-order valence-corrected chi connectivity index (χ2v) is 8.57. The van der Waals surface area contributed by atoms with E-state index in [1.54, 1.807) is 6.92 Å². The number of carbonyl (C=O) groups is 1. The molecular formula is C22H20ClFN2O5S. The van der Waals surface area contributed by atoms with Crippen LogP contribution in [-0.2, 0) is 10.0 Å². The molecule has 3 aromatic carbocycles. The number of carbonyl (C=O) groups excluding carboxylic acids is 1. The standard InChI is InChI=1S/C22H20ClFN2O5S/c1-3-31-21-11-9-15(13-19(21)25-22(27)16-6-4-5-7-18(16)24)32(28,29)26-14-8-10-20(30-2)17(23)12-14/h4-13,26H,3H2,1-2H3,(H,25,27). The molecule has 0 heterocycles. The number of amides is 1. The third kappa shape index (κ3) is 5.30. The van der Waals surface area contributed by atoms with Crippen LogP contribution < -0.4 is 19.5 Å². The second-order valence-electron chi connectivity index (χ2n) is 6.48. The van der Waals surface area contributed by atoms with Crippen molar-refractivity contribution in [3.63, 3.8) is 0 Å². The zero-order valence-electron chi connectivity index (χ0n) is 17.2. The van der Waals surface area contributed by atoms with E-state index in [4.69, 9.17) is 21.1 Å². The Kier molecular flexibility index (Phi) is 7.22. The van der Waals surface area contributed by atoms with Crippen molar-refractivity contribution in [3.8, 4) is 11.5 Å². The zero-order valence-corrected chi connectivity index (χ0v) is 18.8. The number of nitrogens with one attached hydrogen (secondary N) is 2. The SMILES string of the molecule is CCOc1ccc(S(=O)(=O)Nc2ccc(OC)c(Cl)c2)cc1NC(=O)c1ccccc1F. The van der Waals surface area contributed by atoms with Crippen molar-refractivity contribution < 1.29 is 27.1 Å². The van der Waals surface area contributed by atoms with Crippen molar-refractivity contribution in [2.24, 2.45) is 0 Å². The first-order valence-corrected chi connectivity index (χ1v) is 11.3. The van der Waals surface area contributed by atoms with Crippen LogP contribution in [0.4, 0.5) is 15.8 Å². The summed E-state index contributed by atoms with van der Waals surface area (Å²) in [6.45, 7) is 2.01. The molecule has 0 bridgehead atoms. The number of rotatable bonds is 8. The van der Waals surface area contributed by atoms with Gasteiger partial charge in [-0.15, -0.1) is 0 Å². The molecule has 0 aliphatic rings. The first kappa shape index (κ1) is 23.4. The molecule has 0 aromatic heterocycles. The van der Waals surface area contributed by atoms with Crippen molar-refractivity contribution in [1.29, 1.82) is 0 Å². The maximum atomic E-state index is 14.0. The van der Waals surface area contributed by atoms with E-state index in [0.29, 0.717) is 5.75 Å². The number of halogens is 2. The van der Waals surface area contributed by atoms with Crippen molar-refractivity contribution in [3.05, 3.63) is 77.1 Å². The number of anilines is 2. The van der Waals surface area contributed by atoms with E-state index in [0.717, 1.165) is 6.07 Å². The fraction of sp³-hybridized carbons (Fsp3) is 0.136. The van der Waals surface area contributed by atoms with E-state index in [1.807, 2.05) is 0 Å². The van der Waals surface area contributed by atoms with E-state index < -0.39 is 21.7 Å². The highest BCUT2D eigenvalue weighted by molar-refractivity contribution is 7.92. The summed E-state index contributed by atoms with van der Waals surface area (Å²) < 4.78 is 52.7. The van der Waals surface area contributed by atoms with Crippen molar-refractivity contribution in [2.75, 3.05) is 23.8 Å². The van der Waals surface area contributed by atoms with Crippen LogP contribution in [0, 0.1) is 5.82 Å². The highest BCUT2D eigenvalue weighted by Crippen LogP contribution is 2.31. The molecule has 2 N–H and O–H groups in total. The lowest BCUT2D eigenvalue weighted by atomic mass is 10.2. The van der Waals surface area contributed by atoms with Gasteiger partial charge in [0.25, 0.3) is 15.9 Å². The summed E-state index contributed by atoms with van der Waals surface area (Å²) in [6.07, 6.45) is 0. The molecule has 32 heavy (non-hydrogen) atoms. The molecule has 1 amide bonds. The Morgan fingerprint density at radius 1 is 1.06 bits per heavy atom. The van der Waals surface area contributed by atoms with E-state index in [2.05, 4.69) is 10.0 Å². The number of sulfonamides is 1. The highest BCUT2D eigenvalue weighted by atomic mass is 35.5. The van der Waals surface area contributed by atoms with Gasteiger partial charge in [-0.25, -0.2) is 12.8 Å². The van der Waals surface area contributed by atoms with Gasteiger partial charge in [-0.1, -0.05) is 23.7 Å². The quantitative estimate of drug-likeness (QED) is 0.478. The predicted molar refractivity (Wildman–Crippen MR) is 121 cm³/mol. The summed E-state index contributed by atoms with van der Waals surface area (Å²) in [7, 11) is -2.60. The highest BCUT2D eigenvalue weighted by Gasteiger charge is 2.20. The van der Waals surface area contributed by atoms with Crippen LogP contribution in [0.25, 0.3) is 0 Å². The fourth-order valence-electron chi connectivity index (χ4n) is 2.83. The predicted octanol–water partition coefficient (Wildman–Crippen LogP) is 4.94. The first-order valence-electron chi connectivity index (χ1n) is 9.44. The molecule has 3 aromatic rings. The van der Waals surface area contributed by atoms with Crippen LogP contribution in [-0.4, -0.2) is 28.0 Å². The van der Waals surface area contributed by atoms with Gasteiger partial charge in [0.15, 0.2) is 0 Å². The van der Waals surface area contributed by atoms with Crippen LogP contribution in [0.1, 0.15) is 17.3 Å². The third-order valence-corrected chi connectivity index (χ3v) is 6.01. The molecule has 0 aliphatic heterocycles. The first-order chi connectivity index (χ1) is 15.2. The van der Waals surface area contributed by atoms with Crippen LogP contribution in [0.2, 0.25) is 5.02 Å². The van der Waals surface area contributed by atoms with Gasteiger partial charge in [0.1, 0.15) is 17.3 Å². The molecular weight excluding hydrogens is 459 g/mol. The van der Waals surface area contributed by atoms with Crippen LogP contribution in [0.15, 0.2) is 65.6 Å². The Labute approximate surface area is 190 Å². The molecule has 0 fully saturated rings. The summed E-state index contributed by atoms with van der Waals surface area (Å²) in [5.41, 5.74) is 0.117. The topological polar surface area (TPSA) is 93.7 Å². The number of hydrogen-bond donors (Lipinski definition) is 2. The lowest BCUT2D eigenvalue weighted by Gasteiger charge is -2.15. The van der Waals surface area contributed by atoms with Gasteiger partial charge >= 0.3 is 0 Å². The van der Waals surface area contributed by atoms with Gasteiger partial charge in [0.05, 0.1) is 40.6 Å². The molecule has 0 saturated carbocycles. The van der Waals surface area contributed by atoms with Crippen molar-refractivity contribution in [2.45, 2.75) is 11.8 Å². The van der Waals surface area contributed by atoms with Crippen LogP contribution in [0.3, 0.4) is 0 Å². The summed E-state index contributed by atoms with van der Waals surface area (Å²) in [5, 5.41) is 2.75. The van der Waals surface area contributed by atoms with Crippen molar-refractivity contribution in [1.82, 2.24) is 0 Å². The molecule has 7 nitrogen and oxygen atoms in total. The minimum absolute atomic E-state index is 0.0794. The normalized spacial score (nSPS) is 11.0. The van der Waals surface area contributed by atoms with Gasteiger partial charge in [-0.2, -0.15) is 0 Å². The van der Waals surface area contributed by atoms with Crippen LogP contribution in [0.5, 0.6) is 11.5 Å². The molecule has 3 rings (SSSR count). The van der Waals surface area contributed by atoms with Gasteiger partial charge in [-0.05, 0) is 55.5 Å². The maximum absolute atomic E-state index is 14.0. The second kappa shape index (κ2) is 9.88. The summed E-state index contributed by atoms with van der Waals surface area (Å²) >= 11 is 6.06. The van der Waals surface area contributed by atoms with Gasteiger partial charge in [-0.3, -0.25) is 9.52 Å². The maximum Gasteiger partial charge on any atom is 0.261 e. The zero-order chi connectivity index (χ0) is 23.3. The number of ether oxygens (including phenoxy) is 2. The Bertz CT molecular complexity index is 1250. The van der Waals surface area contributed by atoms with E-state index in [1.165, 1.54) is 61.7 Å². The van der Waals surface area contributed by atoms with E-state index in [-0.39, 0.29) is 39.2 Å². The average molecular weight is 479 g/mol. The Hall–Kier alpha value is -3.30. The average Bonchev–Trinajstić information content (AvgIpc) is 2.75. The lowest BCUT2D eigenvalue weighted by molar-refractivity contribution is 0.102. The molecule has 0 atom stereocenters. The summed E-state index contributed by atoms with van der Waals surface area (Å²) in [6, 6.07) is 13.9. The molecule has 0 radical (unpaired) electrons. The van der Waals surface area contributed by atoms with E-state index in [9.17, 15) is 17.6 Å². The Morgan fingerprint density at radius 3 is 2.44 bits per heavy atom.